The molecule has 4 nitrogen and oxygen atoms in total. The van der Waals surface area contributed by atoms with Crippen LogP contribution in [0.5, 0.6) is 0 Å². The van der Waals surface area contributed by atoms with Crippen molar-refractivity contribution < 1.29 is 9.84 Å². The molecular formula is C17H34N2O2. The quantitative estimate of drug-likeness (QED) is 0.674. The van der Waals surface area contributed by atoms with Gasteiger partial charge in [-0.25, -0.2) is 0 Å². The molecule has 0 radical (unpaired) electrons. The topological polar surface area (TPSA) is 44.7 Å². The molecule has 2 rings (SSSR count). The zero-order chi connectivity index (χ0) is 15.1. The fourth-order valence-corrected chi connectivity index (χ4v) is 3.93. The molecule has 0 aromatic rings. The summed E-state index contributed by atoms with van der Waals surface area (Å²) in [7, 11) is 0. The van der Waals surface area contributed by atoms with Crippen LogP contribution in [0.15, 0.2) is 0 Å². The highest BCUT2D eigenvalue weighted by atomic mass is 16.5. The molecule has 0 spiro atoms. The van der Waals surface area contributed by atoms with Gasteiger partial charge in [-0.05, 0) is 45.7 Å². The van der Waals surface area contributed by atoms with E-state index in [1.54, 1.807) is 0 Å². The van der Waals surface area contributed by atoms with Crippen LogP contribution in [0.2, 0.25) is 0 Å². The maximum atomic E-state index is 9.53. The molecule has 1 heterocycles. The summed E-state index contributed by atoms with van der Waals surface area (Å²) in [6.45, 7) is 8.58. The fraction of sp³-hybridized carbons (Fsp3) is 1.00. The SMILES string of the molecule is CCNC(C)(CO)CCCCN1CCOC2CCCCC21. The maximum Gasteiger partial charge on any atom is 0.0730 e. The maximum absolute atomic E-state index is 9.53. The van der Waals surface area contributed by atoms with Gasteiger partial charge in [-0.15, -0.1) is 0 Å². The summed E-state index contributed by atoms with van der Waals surface area (Å²) in [5.41, 5.74) is -0.104. The van der Waals surface area contributed by atoms with Gasteiger partial charge in [0.15, 0.2) is 0 Å². The molecule has 1 aliphatic carbocycles. The molecule has 2 aliphatic rings. The largest absolute Gasteiger partial charge is 0.394 e. The molecule has 21 heavy (non-hydrogen) atoms. The zero-order valence-corrected chi connectivity index (χ0v) is 13.9. The molecule has 2 fully saturated rings. The fourth-order valence-electron chi connectivity index (χ4n) is 3.93. The lowest BCUT2D eigenvalue weighted by atomic mass is 9.89. The number of rotatable bonds is 8. The average molecular weight is 298 g/mol. The average Bonchev–Trinajstić information content (AvgIpc) is 2.52. The van der Waals surface area contributed by atoms with E-state index in [2.05, 4.69) is 24.1 Å². The first kappa shape index (κ1) is 17.2. The number of morpholine rings is 1. The normalized spacial score (nSPS) is 29.9. The minimum atomic E-state index is -0.104. The van der Waals surface area contributed by atoms with Crippen molar-refractivity contribution in [3.05, 3.63) is 0 Å². The van der Waals surface area contributed by atoms with Crippen molar-refractivity contribution in [3.63, 3.8) is 0 Å². The highest BCUT2D eigenvalue weighted by Gasteiger charge is 2.33. The number of ether oxygens (including phenoxy) is 1. The van der Waals surface area contributed by atoms with Gasteiger partial charge in [0.25, 0.3) is 0 Å². The van der Waals surface area contributed by atoms with E-state index in [0.29, 0.717) is 12.1 Å². The van der Waals surface area contributed by atoms with E-state index in [4.69, 9.17) is 4.74 Å². The molecule has 124 valence electrons. The Hall–Kier alpha value is -0.160. The Morgan fingerprint density at radius 1 is 1.29 bits per heavy atom. The summed E-state index contributed by atoms with van der Waals surface area (Å²) in [5.74, 6) is 0. The number of aliphatic hydroxyl groups excluding tert-OH is 1. The van der Waals surface area contributed by atoms with Crippen molar-refractivity contribution in [2.75, 3.05) is 32.8 Å². The Bertz CT molecular complexity index is 299. The van der Waals surface area contributed by atoms with Gasteiger partial charge in [0, 0.05) is 18.1 Å². The second kappa shape index (κ2) is 8.47. The Labute approximate surface area is 130 Å². The molecule has 1 saturated heterocycles. The lowest BCUT2D eigenvalue weighted by Crippen LogP contribution is -2.52. The van der Waals surface area contributed by atoms with Crippen LogP contribution >= 0.6 is 0 Å². The smallest absolute Gasteiger partial charge is 0.0730 e. The number of hydrogen-bond donors (Lipinski definition) is 2. The number of hydrogen-bond acceptors (Lipinski definition) is 4. The number of nitrogens with zero attached hydrogens (tertiary/aromatic N) is 1. The lowest BCUT2D eigenvalue weighted by molar-refractivity contribution is -0.0883. The number of nitrogens with one attached hydrogen (secondary N) is 1. The van der Waals surface area contributed by atoms with Crippen molar-refractivity contribution in [1.29, 1.82) is 0 Å². The Balaban J connectivity index is 1.70. The van der Waals surface area contributed by atoms with E-state index >= 15 is 0 Å². The minimum absolute atomic E-state index is 0.104. The van der Waals surface area contributed by atoms with Crippen LogP contribution in [0.4, 0.5) is 0 Å². The number of fused-ring (bicyclic) bond motifs is 1. The summed E-state index contributed by atoms with van der Waals surface area (Å²) >= 11 is 0. The molecule has 1 aliphatic heterocycles. The van der Waals surface area contributed by atoms with Crippen LogP contribution in [0, 0.1) is 0 Å². The van der Waals surface area contributed by atoms with Gasteiger partial charge in [-0.1, -0.05) is 26.2 Å². The lowest BCUT2D eigenvalue weighted by Gasteiger charge is -2.44. The summed E-state index contributed by atoms with van der Waals surface area (Å²) in [6.07, 6.45) is 9.23. The third-order valence-corrected chi connectivity index (χ3v) is 5.22. The standard InChI is InChI=1S/C17H34N2O2/c1-3-18-17(2,14-20)10-6-7-11-19-12-13-21-16-9-5-4-8-15(16)19/h15-16,18,20H,3-14H2,1-2H3. The first-order valence-electron chi connectivity index (χ1n) is 8.90. The van der Waals surface area contributed by atoms with E-state index in [1.165, 1.54) is 45.1 Å². The Kier molecular flexibility index (Phi) is 6.93. The van der Waals surface area contributed by atoms with E-state index in [0.717, 1.165) is 26.1 Å². The Morgan fingerprint density at radius 3 is 2.86 bits per heavy atom. The first-order chi connectivity index (χ1) is 10.2. The van der Waals surface area contributed by atoms with Gasteiger partial charge in [0.1, 0.15) is 0 Å². The Morgan fingerprint density at radius 2 is 2.10 bits per heavy atom. The highest BCUT2D eigenvalue weighted by molar-refractivity contribution is 4.87. The van der Waals surface area contributed by atoms with Gasteiger partial charge in [0.2, 0.25) is 0 Å². The predicted molar refractivity (Wildman–Crippen MR) is 86.6 cm³/mol. The molecule has 0 amide bonds. The van der Waals surface area contributed by atoms with Crippen molar-refractivity contribution >= 4 is 0 Å². The van der Waals surface area contributed by atoms with Crippen LogP contribution in [-0.4, -0.2) is 60.5 Å². The molecular weight excluding hydrogens is 264 g/mol. The predicted octanol–water partition coefficient (Wildman–Crippen LogP) is 2.16. The second-order valence-corrected chi connectivity index (χ2v) is 7.00. The number of aliphatic hydroxyl groups is 1. The van der Waals surface area contributed by atoms with Crippen molar-refractivity contribution in [1.82, 2.24) is 10.2 Å². The summed E-state index contributed by atoms with van der Waals surface area (Å²) in [4.78, 5) is 2.66. The molecule has 0 aromatic heterocycles. The molecule has 0 aromatic carbocycles. The van der Waals surface area contributed by atoms with Crippen LogP contribution in [0.25, 0.3) is 0 Å². The van der Waals surface area contributed by atoms with Crippen LogP contribution < -0.4 is 5.32 Å². The molecule has 4 heteroatoms. The monoisotopic (exact) mass is 298 g/mol. The van der Waals surface area contributed by atoms with Gasteiger partial charge in [-0.2, -0.15) is 0 Å². The molecule has 0 bridgehead atoms. The van der Waals surface area contributed by atoms with E-state index in [9.17, 15) is 5.11 Å². The zero-order valence-electron chi connectivity index (χ0n) is 13.9. The van der Waals surface area contributed by atoms with Gasteiger partial charge < -0.3 is 15.2 Å². The van der Waals surface area contributed by atoms with Crippen LogP contribution in [-0.2, 0) is 4.74 Å². The van der Waals surface area contributed by atoms with Crippen molar-refractivity contribution in [2.45, 2.75) is 76.5 Å². The van der Waals surface area contributed by atoms with Crippen LogP contribution in [0.1, 0.15) is 58.8 Å². The molecule has 1 saturated carbocycles. The summed E-state index contributed by atoms with van der Waals surface area (Å²) < 4.78 is 5.94. The van der Waals surface area contributed by atoms with Gasteiger partial charge in [-0.3, -0.25) is 4.90 Å². The van der Waals surface area contributed by atoms with Crippen molar-refractivity contribution in [3.8, 4) is 0 Å². The third-order valence-electron chi connectivity index (χ3n) is 5.22. The second-order valence-electron chi connectivity index (χ2n) is 7.00. The molecule has 2 N–H and O–H groups in total. The number of likely N-dealkylation sites (N-methyl/N-ethyl adjacent to an activating group) is 1. The summed E-state index contributed by atoms with van der Waals surface area (Å²) in [5, 5.41) is 12.9. The third kappa shape index (κ3) is 4.92. The minimum Gasteiger partial charge on any atom is -0.394 e. The number of unbranched alkanes of at least 4 members (excludes halogenated alkanes) is 1. The van der Waals surface area contributed by atoms with Crippen LogP contribution in [0.3, 0.4) is 0 Å². The summed E-state index contributed by atoms with van der Waals surface area (Å²) in [6, 6.07) is 0.672. The van der Waals surface area contributed by atoms with Crippen molar-refractivity contribution in [2.24, 2.45) is 0 Å². The first-order valence-corrected chi connectivity index (χ1v) is 8.90. The molecule has 3 unspecified atom stereocenters. The van der Waals surface area contributed by atoms with E-state index < -0.39 is 0 Å². The van der Waals surface area contributed by atoms with E-state index in [1.807, 2.05) is 0 Å². The van der Waals surface area contributed by atoms with Gasteiger partial charge in [0.05, 0.1) is 19.3 Å². The molecule has 3 atom stereocenters. The highest BCUT2D eigenvalue weighted by Crippen LogP contribution is 2.28. The van der Waals surface area contributed by atoms with Gasteiger partial charge >= 0.3 is 0 Å². The van der Waals surface area contributed by atoms with E-state index in [-0.39, 0.29) is 12.1 Å².